The maximum Gasteiger partial charge on any atom is 0.429 e. The van der Waals surface area contributed by atoms with E-state index in [0.29, 0.717) is 6.07 Å². The van der Waals surface area contributed by atoms with E-state index in [1.807, 2.05) is 0 Å². The van der Waals surface area contributed by atoms with E-state index >= 15 is 0 Å². The molecule has 0 aliphatic rings. The molecule has 116 valence electrons. The van der Waals surface area contributed by atoms with Crippen molar-refractivity contribution < 1.29 is 23.0 Å². The van der Waals surface area contributed by atoms with Gasteiger partial charge in [0, 0.05) is 6.07 Å². The van der Waals surface area contributed by atoms with Crippen molar-refractivity contribution in [3.05, 3.63) is 52.6 Å². The quantitative estimate of drug-likeness (QED) is 0.479. The number of nitro benzene ring substituents is 2. The fourth-order valence-electron chi connectivity index (χ4n) is 1.84. The minimum atomic E-state index is -5.42. The first-order valence-corrected chi connectivity index (χ1v) is 5.23. The first-order chi connectivity index (χ1) is 10.0. The Morgan fingerprint density at radius 3 is 2.00 bits per heavy atom. The summed E-state index contributed by atoms with van der Waals surface area (Å²) in [6.45, 7) is 0. The van der Waals surface area contributed by atoms with Crippen molar-refractivity contribution in [2.24, 2.45) is 0 Å². The molecule has 2 N–H and O–H groups in total. The van der Waals surface area contributed by atoms with Crippen LogP contribution >= 0.6 is 0 Å². The van der Waals surface area contributed by atoms with Gasteiger partial charge in [0.05, 0.1) is 15.4 Å². The monoisotopic (exact) mass is 320 g/mol. The Labute approximate surface area is 115 Å². The molecular weight excluding hydrogens is 317 g/mol. The Morgan fingerprint density at radius 2 is 1.55 bits per heavy atom. The molecule has 22 heavy (non-hydrogen) atoms. The number of rotatable bonds is 2. The number of hydrogen-bond acceptors (Lipinski definition) is 6. The topological polar surface area (TPSA) is 152 Å². The van der Waals surface area contributed by atoms with Gasteiger partial charge in [0.2, 0.25) is 5.56 Å². The predicted octanol–water partition coefficient (Wildman–Crippen LogP) is 1.05. The van der Waals surface area contributed by atoms with Crippen LogP contribution in [0.5, 0.6) is 0 Å². The van der Waals surface area contributed by atoms with E-state index in [2.05, 4.69) is 0 Å². The molecule has 1 heterocycles. The number of hydrogen-bond donors (Lipinski definition) is 2. The normalized spacial score (nSPS) is 11.6. The van der Waals surface area contributed by atoms with Crippen LogP contribution in [0.1, 0.15) is 5.56 Å². The molecule has 0 amide bonds. The van der Waals surface area contributed by atoms with Gasteiger partial charge in [-0.2, -0.15) is 13.2 Å². The molecule has 0 fully saturated rings. The second-order valence-corrected chi connectivity index (χ2v) is 3.96. The van der Waals surface area contributed by atoms with Crippen molar-refractivity contribution in [2.45, 2.75) is 6.18 Å². The van der Waals surface area contributed by atoms with Gasteiger partial charge in [0.15, 0.2) is 0 Å². The lowest BCUT2D eigenvalue weighted by Crippen LogP contribution is -2.29. The van der Waals surface area contributed by atoms with E-state index < -0.39 is 55.1 Å². The Kier molecular flexibility index (Phi) is 3.20. The highest BCUT2D eigenvalue weighted by Crippen LogP contribution is 2.44. The van der Waals surface area contributed by atoms with Crippen LogP contribution in [0.15, 0.2) is 15.7 Å². The molecule has 0 unspecified atom stereocenters. The number of aromatic amines is 2. The molecule has 2 aromatic rings. The predicted molar refractivity (Wildman–Crippen MR) is 63.5 cm³/mol. The maximum atomic E-state index is 13.0. The molecule has 2 rings (SSSR count). The molecule has 0 aliphatic heterocycles. The third-order valence-electron chi connectivity index (χ3n) is 2.64. The number of alkyl halides is 3. The van der Waals surface area contributed by atoms with Gasteiger partial charge < -0.3 is 9.97 Å². The van der Waals surface area contributed by atoms with Gasteiger partial charge in [-0.1, -0.05) is 0 Å². The lowest BCUT2D eigenvalue weighted by Gasteiger charge is -2.09. The smallest absolute Gasteiger partial charge is 0.315 e. The Bertz CT molecular complexity index is 928. The Balaban J connectivity index is 3.18. The largest absolute Gasteiger partial charge is 0.429 e. The van der Waals surface area contributed by atoms with Crippen LogP contribution in [0.2, 0.25) is 0 Å². The van der Waals surface area contributed by atoms with Gasteiger partial charge in [-0.05, 0) is 0 Å². The highest BCUT2D eigenvalue weighted by molar-refractivity contribution is 5.89. The molecule has 0 radical (unpaired) electrons. The number of nitrogens with zero attached hydrogens (tertiary/aromatic N) is 2. The van der Waals surface area contributed by atoms with E-state index in [9.17, 15) is 43.0 Å². The highest BCUT2D eigenvalue weighted by atomic mass is 19.4. The minimum Gasteiger partial charge on any atom is -0.315 e. The standard InChI is InChI=1S/C9H3F3N4O6/c10-9(11,12)4-3(15(19)20)1-2-5(6(4)16(21)22)14-8(18)7(17)13-2/h1H,(H,13,17)(H,14,18). The van der Waals surface area contributed by atoms with Crippen molar-refractivity contribution >= 4 is 22.4 Å². The summed E-state index contributed by atoms with van der Waals surface area (Å²) >= 11 is 0. The van der Waals surface area contributed by atoms with Crippen molar-refractivity contribution in [3.63, 3.8) is 0 Å². The molecule has 0 aliphatic carbocycles. The molecular formula is C9H3F3N4O6. The molecule has 13 heteroatoms. The summed E-state index contributed by atoms with van der Waals surface area (Å²) in [5.41, 5.74) is -9.85. The number of halogens is 3. The van der Waals surface area contributed by atoms with Gasteiger partial charge in [0.25, 0.3) is 5.69 Å². The van der Waals surface area contributed by atoms with Crippen molar-refractivity contribution in [1.29, 1.82) is 0 Å². The average molecular weight is 320 g/mol. The Morgan fingerprint density at radius 1 is 1.00 bits per heavy atom. The van der Waals surface area contributed by atoms with E-state index in [1.54, 1.807) is 9.97 Å². The van der Waals surface area contributed by atoms with E-state index in [4.69, 9.17) is 0 Å². The fourth-order valence-corrected chi connectivity index (χ4v) is 1.84. The number of nitro groups is 2. The molecule has 0 atom stereocenters. The van der Waals surface area contributed by atoms with E-state index in [1.165, 1.54) is 0 Å². The summed E-state index contributed by atoms with van der Waals surface area (Å²) in [6.07, 6.45) is -5.42. The number of nitrogens with one attached hydrogen (secondary N) is 2. The van der Waals surface area contributed by atoms with E-state index in [0.717, 1.165) is 0 Å². The average Bonchev–Trinajstić information content (AvgIpc) is 2.36. The van der Waals surface area contributed by atoms with Crippen LogP contribution in [-0.4, -0.2) is 19.8 Å². The summed E-state index contributed by atoms with van der Waals surface area (Å²) in [4.78, 5) is 44.3. The number of H-pyrrole nitrogens is 2. The molecule has 10 nitrogen and oxygen atoms in total. The first-order valence-electron chi connectivity index (χ1n) is 5.23. The summed E-state index contributed by atoms with van der Waals surface area (Å²) in [7, 11) is 0. The molecule has 0 saturated carbocycles. The van der Waals surface area contributed by atoms with Crippen molar-refractivity contribution in [2.75, 3.05) is 0 Å². The van der Waals surface area contributed by atoms with Crippen LogP contribution in [-0.2, 0) is 6.18 Å². The summed E-state index contributed by atoms with van der Waals surface area (Å²) in [6, 6.07) is 0.294. The van der Waals surface area contributed by atoms with Crippen LogP contribution in [0.25, 0.3) is 11.0 Å². The van der Waals surface area contributed by atoms with E-state index in [-0.39, 0.29) is 0 Å². The van der Waals surface area contributed by atoms with Gasteiger partial charge in [-0.25, -0.2) is 0 Å². The molecule has 0 spiro atoms. The molecule has 0 saturated heterocycles. The summed E-state index contributed by atoms with van der Waals surface area (Å²) in [5.74, 6) is 0. The van der Waals surface area contributed by atoms with Gasteiger partial charge >= 0.3 is 23.0 Å². The zero-order valence-corrected chi connectivity index (χ0v) is 10.1. The molecule has 1 aromatic carbocycles. The first kappa shape index (κ1) is 15.1. The number of fused-ring (bicyclic) bond motifs is 1. The van der Waals surface area contributed by atoms with Crippen molar-refractivity contribution in [3.8, 4) is 0 Å². The zero-order chi connectivity index (χ0) is 16.8. The third kappa shape index (κ3) is 2.27. The summed E-state index contributed by atoms with van der Waals surface area (Å²) in [5, 5.41) is 21.7. The van der Waals surface area contributed by atoms with Crippen molar-refractivity contribution in [1.82, 2.24) is 9.97 Å². The van der Waals surface area contributed by atoms with Crippen LogP contribution in [0.4, 0.5) is 24.5 Å². The van der Waals surface area contributed by atoms with Gasteiger partial charge in [-0.15, -0.1) is 0 Å². The molecule has 0 bridgehead atoms. The van der Waals surface area contributed by atoms with Crippen LogP contribution in [0.3, 0.4) is 0 Å². The second-order valence-electron chi connectivity index (χ2n) is 3.96. The van der Waals surface area contributed by atoms with Gasteiger partial charge in [0.1, 0.15) is 5.52 Å². The zero-order valence-electron chi connectivity index (χ0n) is 10.1. The maximum absolute atomic E-state index is 13.0. The summed E-state index contributed by atoms with van der Waals surface area (Å²) < 4.78 is 38.9. The lowest BCUT2D eigenvalue weighted by atomic mass is 10.1. The SMILES string of the molecule is O=c1[nH]c2cc([N+](=O)[O-])c(C(F)(F)F)c([N+](=O)[O-])c2[nH]c1=O. The second kappa shape index (κ2) is 4.64. The van der Waals surface area contributed by atoms with Crippen LogP contribution < -0.4 is 11.1 Å². The number of aromatic nitrogens is 2. The van der Waals surface area contributed by atoms with Crippen LogP contribution in [0, 0.1) is 20.2 Å². The molecule has 1 aromatic heterocycles. The Hall–Kier alpha value is -3.25. The lowest BCUT2D eigenvalue weighted by molar-refractivity contribution is -0.398. The minimum absolute atomic E-state index is 0.294. The third-order valence-corrected chi connectivity index (χ3v) is 2.64. The van der Waals surface area contributed by atoms with Gasteiger partial charge in [-0.3, -0.25) is 29.8 Å². The fraction of sp³-hybridized carbons (Fsp3) is 0.111. The highest BCUT2D eigenvalue weighted by Gasteiger charge is 2.47. The number of benzene rings is 1.